The van der Waals surface area contributed by atoms with E-state index in [0.717, 1.165) is 43.0 Å². The lowest BCUT2D eigenvalue weighted by Gasteiger charge is -2.26. The lowest BCUT2D eigenvalue weighted by atomic mass is 10.2. The van der Waals surface area contributed by atoms with Gasteiger partial charge in [0.25, 0.3) is 0 Å². The Labute approximate surface area is 171 Å². The minimum absolute atomic E-state index is 0. The second-order valence-corrected chi connectivity index (χ2v) is 6.30. The molecule has 1 atom stereocenters. The van der Waals surface area contributed by atoms with Crippen LogP contribution in [0.4, 0.5) is 0 Å². The molecule has 3 heterocycles. The molecule has 26 heavy (non-hydrogen) atoms. The van der Waals surface area contributed by atoms with Gasteiger partial charge in [0.2, 0.25) is 0 Å². The Bertz CT molecular complexity index is 692. The van der Waals surface area contributed by atoms with Crippen LogP contribution in [0.25, 0.3) is 0 Å². The molecule has 8 nitrogen and oxygen atoms in total. The zero-order chi connectivity index (χ0) is 17.6. The minimum Gasteiger partial charge on any atom is -0.468 e. The Balaban J connectivity index is 0.00000243. The van der Waals surface area contributed by atoms with Crippen molar-refractivity contribution in [1.82, 2.24) is 30.3 Å². The fraction of sp³-hybridized carbons (Fsp3) is 0.588. The van der Waals surface area contributed by atoms with Gasteiger partial charge >= 0.3 is 0 Å². The van der Waals surface area contributed by atoms with E-state index in [4.69, 9.17) is 4.42 Å². The predicted molar refractivity (Wildman–Crippen MR) is 112 cm³/mol. The largest absolute Gasteiger partial charge is 0.468 e. The molecule has 1 unspecified atom stereocenters. The normalized spacial score (nSPS) is 16.3. The van der Waals surface area contributed by atoms with E-state index in [0.29, 0.717) is 6.54 Å². The number of guanidine groups is 1. The Morgan fingerprint density at radius 2 is 2.08 bits per heavy atom. The molecule has 3 rings (SSSR count). The summed E-state index contributed by atoms with van der Waals surface area (Å²) in [7, 11) is 3.73. The second-order valence-electron chi connectivity index (χ2n) is 6.30. The van der Waals surface area contributed by atoms with Crippen LogP contribution in [0.3, 0.4) is 0 Å². The van der Waals surface area contributed by atoms with E-state index in [1.165, 1.54) is 12.8 Å². The Kier molecular flexibility index (Phi) is 7.88. The van der Waals surface area contributed by atoms with Crippen LogP contribution in [0.15, 0.2) is 27.8 Å². The summed E-state index contributed by atoms with van der Waals surface area (Å²) in [6, 6.07) is 4.21. The van der Waals surface area contributed by atoms with Gasteiger partial charge in [-0.25, -0.2) is 0 Å². The quantitative estimate of drug-likeness (QED) is 0.379. The van der Waals surface area contributed by atoms with E-state index in [2.05, 4.69) is 30.7 Å². The van der Waals surface area contributed by atoms with Crippen LogP contribution >= 0.6 is 24.0 Å². The summed E-state index contributed by atoms with van der Waals surface area (Å²) < 4.78 is 7.63. The molecule has 0 saturated carbocycles. The monoisotopic (exact) mass is 473 g/mol. The number of aliphatic imine (C=N–C) groups is 1. The lowest BCUT2D eigenvalue weighted by molar-refractivity contribution is 0.215. The van der Waals surface area contributed by atoms with Crippen molar-refractivity contribution < 1.29 is 4.42 Å². The van der Waals surface area contributed by atoms with Crippen LogP contribution in [0.1, 0.15) is 36.3 Å². The zero-order valence-electron chi connectivity index (χ0n) is 15.6. The fourth-order valence-electron chi connectivity index (χ4n) is 3.13. The van der Waals surface area contributed by atoms with Gasteiger partial charge in [-0.15, -0.1) is 34.2 Å². The van der Waals surface area contributed by atoms with E-state index in [1.807, 2.05) is 30.7 Å². The molecular formula is C17H28IN7O. The third-order valence-electron chi connectivity index (χ3n) is 4.74. The molecule has 1 aliphatic heterocycles. The molecule has 1 saturated heterocycles. The number of nitrogens with one attached hydrogen (secondary N) is 2. The van der Waals surface area contributed by atoms with E-state index in [1.54, 1.807) is 13.3 Å². The van der Waals surface area contributed by atoms with E-state index in [9.17, 15) is 0 Å². The van der Waals surface area contributed by atoms with E-state index < -0.39 is 0 Å². The molecule has 0 radical (unpaired) electrons. The number of halogens is 1. The van der Waals surface area contributed by atoms with Gasteiger partial charge in [-0.2, -0.15) is 0 Å². The van der Waals surface area contributed by atoms with Gasteiger partial charge in [0.05, 0.1) is 18.8 Å². The molecule has 1 fully saturated rings. The number of aryl methyl sites for hydroxylation is 1. The fourth-order valence-corrected chi connectivity index (χ4v) is 3.13. The van der Waals surface area contributed by atoms with Gasteiger partial charge in [-0.05, 0) is 45.0 Å². The topological polar surface area (TPSA) is 83.5 Å². The number of hydrogen-bond acceptors (Lipinski definition) is 5. The summed E-state index contributed by atoms with van der Waals surface area (Å²) in [5.74, 6) is 3.51. The molecule has 0 spiro atoms. The van der Waals surface area contributed by atoms with Gasteiger partial charge in [-0.1, -0.05) is 0 Å². The second kappa shape index (κ2) is 9.91. The maximum atomic E-state index is 5.66. The molecule has 0 aromatic carbocycles. The van der Waals surface area contributed by atoms with Gasteiger partial charge in [-0.3, -0.25) is 9.89 Å². The average Bonchev–Trinajstić information content (AvgIpc) is 3.37. The molecule has 2 N–H and O–H groups in total. The molecule has 0 bridgehead atoms. The number of rotatable bonds is 6. The van der Waals surface area contributed by atoms with Crippen LogP contribution in [0, 0.1) is 6.92 Å². The molecule has 0 aliphatic carbocycles. The summed E-state index contributed by atoms with van der Waals surface area (Å²) in [6.07, 6.45) is 4.23. The summed E-state index contributed by atoms with van der Waals surface area (Å²) in [5, 5.41) is 14.9. The first-order valence-corrected chi connectivity index (χ1v) is 8.76. The van der Waals surface area contributed by atoms with Crippen molar-refractivity contribution in [3.63, 3.8) is 0 Å². The first-order chi connectivity index (χ1) is 12.2. The van der Waals surface area contributed by atoms with Gasteiger partial charge in [0.15, 0.2) is 11.8 Å². The van der Waals surface area contributed by atoms with Gasteiger partial charge in [0, 0.05) is 20.6 Å². The highest BCUT2D eigenvalue weighted by Crippen LogP contribution is 2.24. The Morgan fingerprint density at radius 3 is 2.65 bits per heavy atom. The van der Waals surface area contributed by atoms with Crippen molar-refractivity contribution in [2.45, 2.75) is 32.4 Å². The van der Waals surface area contributed by atoms with E-state index >= 15 is 0 Å². The molecule has 9 heteroatoms. The Hall–Kier alpha value is -1.62. The van der Waals surface area contributed by atoms with Crippen molar-refractivity contribution in [3.05, 3.63) is 35.8 Å². The number of furan rings is 1. The van der Waals surface area contributed by atoms with Crippen molar-refractivity contribution in [3.8, 4) is 0 Å². The summed E-state index contributed by atoms with van der Waals surface area (Å²) in [6.45, 7) is 5.47. The van der Waals surface area contributed by atoms with Crippen molar-refractivity contribution in [2.75, 3.05) is 26.7 Å². The molecular weight excluding hydrogens is 445 g/mol. The van der Waals surface area contributed by atoms with Crippen molar-refractivity contribution >= 4 is 29.9 Å². The Morgan fingerprint density at radius 1 is 1.31 bits per heavy atom. The SMILES string of the molecule is CN=C(NCc1nnc(C)n1C)NCC(c1ccco1)N1CCCC1.I. The van der Waals surface area contributed by atoms with Crippen LogP contribution in [-0.4, -0.2) is 52.3 Å². The minimum atomic E-state index is 0. The maximum absolute atomic E-state index is 5.66. The summed E-state index contributed by atoms with van der Waals surface area (Å²) in [4.78, 5) is 6.77. The van der Waals surface area contributed by atoms with Gasteiger partial charge in [0.1, 0.15) is 11.6 Å². The van der Waals surface area contributed by atoms with Crippen LogP contribution in [-0.2, 0) is 13.6 Å². The lowest BCUT2D eigenvalue weighted by Crippen LogP contribution is -2.42. The molecule has 0 amide bonds. The van der Waals surface area contributed by atoms with E-state index in [-0.39, 0.29) is 30.0 Å². The van der Waals surface area contributed by atoms with Crippen LogP contribution in [0.5, 0.6) is 0 Å². The number of aromatic nitrogens is 3. The number of nitrogens with zero attached hydrogens (tertiary/aromatic N) is 5. The highest BCUT2D eigenvalue weighted by molar-refractivity contribution is 14.0. The summed E-state index contributed by atoms with van der Waals surface area (Å²) >= 11 is 0. The zero-order valence-corrected chi connectivity index (χ0v) is 17.9. The first-order valence-electron chi connectivity index (χ1n) is 8.76. The maximum Gasteiger partial charge on any atom is 0.191 e. The first kappa shape index (κ1) is 20.7. The molecule has 144 valence electrons. The number of hydrogen-bond donors (Lipinski definition) is 2. The van der Waals surface area contributed by atoms with Crippen LogP contribution < -0.4 is 10.6 Å². The summed E-state index contributed by atoms with van der Waals surface area (Å²) in [5.41, 5.74) is 0. The van der Waals surface area contributed by atoms with Gasteiger partial charge < -0.3 is 19.6 Å². The van der Waals surface area contributed by atoms with Crippen molar-refractivity contribution in [2.24, 2.45) is 12.0 Å². The number of likely N-dealkylation sites (tertiary alicyclic amines) is 1. The third kappa shape index (κ3) is 4.97. The molecule has 1 aliphatic rings. The third-order valence-corrected chi connectivity index (χ3v) is 4.74. The van der Waals surface area contributed by atoms with Crippen molar-refractivity contribution in [1.29, 1.82) is 0 Å². The highest BCUT2D eigenvalue weighted by atomic mass is 127. The average molecular weight is 473 g/mol. The standard InChI is InChI=1S/C17H27N7O.HI/c1-13-21-22-16(23(13)3)12-20-17(18-2)19-11-14(15-7-6-10-25-15)24-8-4-5-9-24;/h6-7,10,14H,4-5,8-9,11-12H2,1-3H3,(H2,18,19,20);1H. The smallest absolute Gasteiger partial charge is 0.191 e. The highest BCUT2D eigenvalue weighted by Gasteiger charge is 2.25. The molecule has 2 aromatic heterocycles. The predicted octanol–water partition coefficient (Wildman–Crippen LogP) is 1.84. The van der Waals surface area contributed by atoms with Crippen LogP contribution in [0.2, 0.25) is 0 Å². The molecule has 2 aromatic rings.